The van der Waals surface area contributed by atoms with E-state index >= 15 is 0 Å². The van der Waals surface area contributed by atoms with Crippen molar-refractivity contribution in [2.75, 3.05) is 19.7 Å². The van der Waals surface area contributed by atoms with Crippen LogP contribution in [0.4, 0.5) is 0 Å². The smallest absolute Gasteiger partial charge is 0.306 e. The van der Waals surface area contributed by atoms with Gasteiger partial charge in [0.1, 0.15) is 5.75 Å². The Morgan fingerprint density at radius 1 is 1.53 bits per heavy atom. The van der Waals surface area contributed by atoms with Gasteiger partial charge in [-0.2, -0.15) is 0 Å². The molecule has 5 nitrogen and oxygen atoms in total. The third-order valence-electron chi connectivity index (χ3n) is 3.10. The van der Waals surface area contributed by atoms with Gasteiger partial charge in [0.2, 0.25) is 0 Å². The Hall–Kier alpha value is -1.30. The number of hydrogen-bond donors (Lipinski definition) is 2. The highest BCUT2D eigenvalue weighted by Crippen LogP contribution is 2.27. The van der Waals surface area contributed by atoms with Gasteiger partial charge in [-0.05, 0) is 12.1 Å². The van der Waals surface area contributed by atoms with E-state index in [0.29, 0.717) is 36.8 Å². The molecule has 1 fully saturated rings. The van der Waals surface area contributed by atoms with E-state index in [2.05, 4.69) is 0 Å². The molecule has 1 aliphatic heterocycles. The average molecular weight is 286 g/mol. The summed E-state index contributed by atoms with van der Waals surface area (Å²) >= 11 is 6.06. The van der Waals surface area contributed by atoms with Crippen molar-refractivity contribution in [3.8, 4) is 5.75 Å². The number of morpholine rings is 1. The van der Waals surface area contributed by atoms with Crippen LogP contribution in [0.2, 0.25) is 5.02 Å². The zero-order valence-electron chi connectivity index (χ0n) is 10.4. The van der Waals surface area contributed by atoms with E-state index in [9.17, 15) is 9.90 Å². The highest BCUT2D eigenvalue weighted by Gasteiger charge is 2.23. The van der Waals surface area contributed by atoms with Crippen molar-refractivity contribution < 1.29 is 19.7 Å². The molecular formula is C13H16ClNO4. The third-order valence-corrected chi connectivity index (χ3v) is 3.46. The fourth-order valence-electron chi connectivity index (χ4n) is 2.17. The number of rotatable bonds is 4. The Bertz CT molecular complexity index is 446. The summed E-state index contributed by atoms with van der Waals surface area (Å²) in [6.45, 7) is 2.20. The lowest BCUT2D eigenvalue weighted by molar-refractivity contribution is -0.142. The number of carboxylic acid groups (broad SMARTS) is 1. The summed E-state index contributed by atoms with van der Waals surface area (Å²) in [5, 5.41) is 19.1. The Labute approximate surface area is 116 Å². The summed E-state index contributed by atoms with van der Waals surface area (Å²) in [5.41, 5.74) is 0.667. The molecule has 1 atom stereocenters. The lowest BCUT2D eigenvalue weighted by atomic mass is 10.1. The summed E-state index contributed by atoms with van der Waals surface area (Å²) < 4.78 is 5.40. The lowest BCUT2D eigenvalue weighted by Crippen LogP contribution is -2.42. The molecule has 0 amide bonds. The Balaban J connectivity index is 2.01. The maximum absolute atomic E-state index is 10.7. The van der Waals surface area contributed by atoms with Crippen LogP contribution in [0.25, 0.3) is 0 Å². The van der Waals surface area contributed by atoms with Crippen LogP contribution in [-0.4, -0.2) is 46.9 Å². The SMILES string of the molecule is O=C(O)CC1CN(Cc2c(O)cccc2Cl)CCO1. The van der Waals surface area contributed by atoms with Crippen LogP contribution in [0.1, 0.15) is 12.0 Å². The number of carbonyl (C=O) groups is 1. The van der Waals surface area contributed by atoms with Crippen LogP contribution < -0.4 is 0 Å². The van der Waals surface area contributed by atoms with Crippen LogP contribution in [0.5, 0.6) is 5.75 Å². The largest absolute Gasteiger partial charge is 0.508 e. The zero-order valence-corrected chi connectivity index (χ0v) is 11.1. The van der Waals surface area contributed by atoms with Gasteiger partial charge in [-0.3, -0.25) is 9.69 Å². The number of aliphatic carboxylic acids is 1. The molecule has 2 rings (SSSR count). The number of benzene rings is 1. The van der Waals surface area contributed by atoms with E-state index < -0.39 is 5.97 Å². The standard InChI is InChI=1S/C13H16ClNO4/c14-11-2-1-3-12(16)10(11)8-15-4-5-19-9(7-15)6-13(17)18/h1-3,9,16H,4-8H2,(H,17,18). The van der Waals surface area contributed by atoms with Crippen molar-refractivity contribution in [3.63, 3.8) is 0 Å². The Morgan fingerprint density at radius 2 is 2.32 bits per heavy atom. The number of phenolic OH excluding ortho intramolecular Hbond substituents is 1. The predicted octanol–water partition coefficient (Wildman–Crippen LogP) is 1.72. The summed E-state index contributed by atoms with van der Waals surface area (Å²) in [6, 6.07) is 5.01. The molecule has 19 heavy (non-hydrogen) atoms. The van der Waals surface area contributed by atoms with E-state index in [-0.39, 0.29) is 18.3 Å². The number of phenols is 1. The van der Waals surface area contributed by atoms with Gasteiger partial charge in [-0.1, -0.05) is 17.7 Å². The molecule has 0 aliphatic carbocycles. The molecule has 0 saturated carbocycles. The van der Waals surface area contributed by atoms with E-state index in [0.717, 1.165) is 0 Å². The van der Waals surface area contributed by atoms with Crippen molar-refractivity contribution in [2.24, 2.45) is 0 Å². The van der Waals surface area contributed by atoms with E-state index in [4.69, 9.17) is 21.4 Å². The highest BCUT2D eigenvalue weighted by atomic mass is 35.5. The summed E-state index contributed by atoms with van der Waals surface area (Å²) in [7, 11) is 0. The van der Waals surface area contributed by atoms with E-state index in [1.165, 1.54) is 0 Å². The third kappa shape index (κ3) is 3.83. The van der Waals surface area contributed by atoms with Crippen LogP contribution in [-0.2, 0) is 16.1 Å². The second kappa shape index (κ2) is 6.23. The van der Waals surface area contributed by atoms with E-state index in [1.807, 2.05) is 4.90 Å². The molecule has 0 radical (unpaired) electrons. The summed E-state index contributed by atoms with van der Waals surface area (Å²) in [5.74, 6) is -0.707. The topological polar surface area (TPSA) is 70.0 Å². The average Bonchev–Trinajstić information content (AvgIpc) is 2.34. The van der Waals surface area contributed by atoms with Crippen LogP contribution in [0.3, 0.4) is 0 Å². The summed E-state index contributed by atoms with van der Waals surface area (Å²) in [6.07, 6.45) is -0.318. The molecule has 2 N–H and O–H groups in total. The van der Waals surface area contributed by atoms with Gasteiger partial charge in [0.25, 0.3) is 0 Å². The highest BCUT2D eigenvalue weighted by molar-refractivity contribution is 6.31. The molecule has 1 aromatic rings. The number of nitrogens with zero attached hydrogens (tertiary/aromatic N) is 1. The van der Waals surface area contributed by atoms with Crippen molar-refractivity contribution in [2.45, 2.75) is 19.1 Å². The fourth-order valence-corrected chi connectivity index (χ4v) is 2.40. The van der Waals surface area contributed by atoms with E-state index in [1.54, 1.807) is 18.2 Å². The first-order valence-electron chi connectivity index (χ1n) is 6.08. The molecule has 0 bridgehead atoms. The van der Waals surface area contributed by atoms with Gasteiger partial charge in [0, 0.05) is 30.2 Å². The second-order valence-electron chi connectivity index (χ2n) is 4.56. The molecule has 0 spiro atoms. The normalized spacial score (nSPS) is 20.4. The number of ether oxygens (including phenoxy) is 1. The predicted molar refractivity (Wildman–Crippen MR) is 70.4 cm³/mol. The maximum atomic E-state index is 10.7. The zero-order chi connectivity index (χ0) is 13.8. The maximum Gasteiger partial charge on any atom is 0.306 e. The van der Waals surface area contributed by atoms with Crippen LogP contribution in [0, 0.1) is 0 Å². The minimum absolute atomic E-state index is 0.00892. The second-order valence-corrected chi connectivity index (χ2v) is 4.97. The van der Waals surface area contributed by atoms with Gasteiger partial charge in [-0.15, -0.1) is 0 Å². The first-order chi connectivity index (χ1) is 9.06. The molecule has 1 aliphatic rings. The quantitative estimate of drug-likeness (QED) is 0.881. The van der Waals surface area contributed by atoms with Crippen LogP contribution in [0.15, 0.2) is 18.2 Å². The minimum atomic E-state index is -0.868. The van der Waals surface area contributed by atoms with Gasteiger partial charge in [0.15, 0.2) is 0 Å². The van der Waals surface area contributed by atoms with Gasteiger partial charge < -0.3 is 14.9 Å². The van der Waals surface area contributed by atoms with Crippen LogP contribution >= 0.6 is 11.6 Å². The first-order valence-corrected chi connectivity index (χ1v) is 6.46. The molecular weight excluding hydrogens is 270 g/mol. The number of aromatic hydroxyl groups is 1. The molecule has 104 valence electrons. The number of carboxylic acids is 1. The number of hydrogen-bond acceptors (Lipinski definition) is 4. The molecule has 1 saturated heterocycles. The molecule has 1 heterocycles. The van der Waals surface area contributed by atoms with Crippen molar-refractivity contribution in [1.29, 1.82) is 0 Å². The van der Waals surface area contributed by atoms with Gasteiger partial charge in [0.05, 0.1) is 19.1 Å². The molecule has 1 aromatic carbocycles. The lowest BCUT2D eigenvalue weighted by Gasteiger charge is -2.32. The Kier molecular flexibility index (Phi) is 4.63. The first kappa shape index (κ1) is 14.1. The number of halogens is 1. The Morgan fingerprint density at radius 3 is 3.00 bits per heavy atom. The molecule has 0 aromatic heterocycles. The van der Waals surface area contributed by atoms with Gasteiger partial charge in [-0.25, -0.2) is 0 Å². The van der Waals surface area contributed by atoms with Crippen molar-refractivity contribution >= 4 is 17.6 Å². The fraction of sp³-hybridized carbons (Fsp3) is 0.462. The van der Waals surface area contributed by atoms with Crippen molar-refractivity contribution in [3.05, 3.63) is 28.8 Å². The molecule has 1 unspecified atom stereocenters. The summed E-state index contributed by atoms with van der Waals surface area (Å²) in [4.78, 5) is 12.7. The minimum Gasteiger partial charge on any atom is -0.508 e. The molecule has 6 heteroatoms. The van der Waals surface area contributed by atoms with Gasteiger partial charge >= 0.3 is 5.97 Å². The van der Waals surface area contributed by atoms with Crippen molar-refractivity contribution in [1.82, 2.24) is 4.90 Å². The monoisotopic (exact) mass is 285 g/mol.